The topological polar surface area (TPSA) is 41.9 Å². The van der Waals surface area contributed by atoms with Gasteiger partial charge in [0, 0.05) is 32.3 Å². The van der Waals surface area contributed by atoms with E-state index < -0.39 is 0 Å². The summed E-state index contributed by atoms with van der Waals surface area (Å²) in [6.45, 7) is 0.692. The quantitative estimate of drug-likeness (QED) is 0.650. The molecule has 0 aromatic rings. The molecule has 4 nitrogen and oxygen atoms in total. The molecule has 0 aromatic heterocycles. The first kappa shape index (κ1) is 17.9. The van der Waals surface area contributed by atoms with Gasteiger partial charge in [-0.25, -0.2) is 0 Å². The number of nitrogens with zero attached hydrogens (tertiary/aromatic N) is 1. The van der Waals surface area contributed by atoms with Gasteiger partial charge < -0.3 is 19.5 Å². The van der Waals surface area contributed by atoms with E-state index in [4.69, 9.17) is 9.47 Å². The molecule has 6 heteroatoms. The van der Waals surface area contributed by atoms with Gasteiger partial charge in [0.15, 0.2) is 6.29 Å². The summed E-state index contributed by atoms with van der Waals surface area (Å²) in [7, 11) is 7.12. The first-order valence-electron chi connectivity index (χ1n) is 4.56. The first-order chi connectivity index (χ1) is 6.60. The van der Waals surface area contributed by atoms with Crippen molar-refractivity contribution in [3.8, 4) is 0 Å². The third-order valence-electron chi connectivity index (χ3n) is 1.67. The smallest absolute Gasteiger partial charge is 0.165 e. The third-order valence-corrected chi connectivity index (χ3v) is 2.79. The molecule has 0 spiro atoms. The number of methoxy groups -OCH3 is 2. The highest BCUT2D eigenvalue weighted by Gasteiger charge is 2.09. The summed E-state index contributed by atoms with van der Waals surface area (Å²) in [5, 5.41) is 9.53. The van der Waals surface area contributed by atoms with Crippen molar-refractivity contribution in [2.24, 2.45) is 0 Å². The maximum Gasteiger partial charge on any atom is 0.165 e. The summed E-state index contributed by atoms with van der Waals surface area (Å²) < 4.78 is 10.1. The number of thioether (sulfide) groups is 1. The van der Waals surface area contributed by atoms with Gasteiger partial charge in [-0.2, -0.15) is 11.8 Å². The minimum Gasteiger partial charge on any atom is -0.391 e. The Morgan fingerprint density at radius 2 is 1.73 bits per heavy atom. The number of rotatable bonds is 8. The molecule has 0 rings (SSSR count). The Bertz CT molecular complexity index is 137. The van der Waals surface area contributed by atoms with Crippen molar-refractivity contribution in [1.82, 2.24) is 4.90 Å². The maximum absolute atomic E-state index is 9.53. The summed E-state index contributed by atoms with van der Waals surface area (Å²) in [5.74, 6) is 1.46. The molecule has 0 aromatic carbocycles. The fourth-order valence-corrected chi connectivity index (χ4v) is 1.98. The molecule has 0 fully saturated rings. The number of halogens is 1. The molecule has 0 heterocycles. The predicted molar refractivity (Wildman–Crippen MR) is 66.9 cm³/mol. The summed E-state index contributed by atoms with van der Waals surface area (Å²) in [6.07, 6.45) is -0.462. The number of aliphatic hydroxyl groups is 1. The molecule has 0 aliphatic carbocycles. The molecule has 15 heavy (non-hydrogen) atoms. The Kier molecular flexibility index (Phi) is 13.1. The number of hydrogen-bond donors (Lipinski definition) is 1. The molecule has 1 atom stereocenters. The van der Waals surface area contributed by atoms with Gasteiger partial charge in [-0.1, -0.05) is 0 Å². The lowest BCUT2D eigenvalue weighted by atomic mass is 10.4. The lowest BCUT2D eigenvalue weighted by Gasteiger charge is -2.17. The van der Waals surface area contributed by atoms with Gasteiger partial charge in [0.05, 0.1) is 6.10 Å². The number of hydrogen-bond acceptors (Lipinski definition) is 5. The molecular weight excluding hydrogens is 238 g/mol. The normalized spacial score (nSPS) is 13.0. The van der Waals surface area contributed by atoms with E-state index in [2.05, 4.69) is 0 Å². The third kappa shape index (κ3) is 10.8. The van der Waals surface area contributed by atoms with E-state index in [0.717, 1.165) is 5.75 Å². The average molecular weight is 260 g/mol. The minimum atomic E-state index is -0.288. The Morgan fingerprint density at radius 3 is 2.13 bits per heavy atom. The Hall–Kier alpha value is 0.480. The summed E-state index contributed by atoms with van der Waals surface area (Å²) >= 11 is 1.63. The maximum atomic E-state index is 9.53. The summed E-state index contributed by atoms with van der Waals surface area (Å²) in [5.41, 5.74) is 0. The van der Waals surface area contributed by atoms with Crippen LogP contribution in [0.15, 0.2) is 0 Å². The van der Waals surface area contributed by atoms with Crippen molar-refractivity contribution in [2.45, 2.75) is 12.4 Å². The van der Waals surface area contributed by atoms with Crippen LogP contribution in [0, 0.1) is 0 Å². The molecule has 0 saturated heterocycles. The van der Waals surface area contributed by atoms with Gasteiger partial charge in [-0.05, 0) is 14.1 Å². The van der Waals surface area contributed by atoms with Crippen LogP contribution in [0.3, 0.4) is 0 Å². The van der Waals surface area contributed by atoms with Crippen LogP contribution < -0.4 is 0 Å². The standard InChI is InChI=1S/C9H21NO3S.ClH/c1-10(2)5-8(11)6-14-7-9(12-3)13-4;/h8-9,11H,5-7H2,1-4H3;1H. The van der Waals surface area contributed by atoms with Crippen LogP contribution in [-0.2, 0) is 9.47 Å². The highest BCUT2D eigenvalue weighted by Crippen LogP contribution is 2.08. The Balaban J connectivity index is 0. The number of ether oxygens (including phenoxy) is 2. The fourth-order valence-electron chi connectivity index (χ4n) is 1.01. The van der Waals surface area contributed by atoms with Crippen LogP contribution in [0.2, 0.25) is 0 Å². The van der Waals surface area contributed by atoms with E-state index in [0.29, 0.717) is 12.3 Å². The van der Waals surface area contributed by atoms with Crippen molar-refractivity contribution in [3.05, 3.63) is 0 Å². The van der Waals surface area contributed by atoms with E-state index in [1.807, 2.05) is 19.0 Å². The van der Waals surface area contributed by atoms with Crippen LogP contribution in [0.5, 0.6) is 0 Å². The lowest BCUT2D eigenvalue weighted by Crippen LogP contribution is -2.28. The summed E-state index contributed by atoms with van der Waals surface area (Å²) in [4.78, 5) is 1.97. The summed E-state index contributed by atoms with van der Waals surface area (Å²) in [6, 6.07) is 0. The van der Waals surface area contributed by atoms with Crippen molar-refractivity contribution in [2.75, 3.05) is 46.4 Å². The second kappa shape index (κ2) is 11.0. The zero-order valence-corrected chi connectivity index (χ0v) is 11.4. The molecule has 1 unspecified atom stereocenters. The molecule has 94 valence electrons. The van der Waals surface area contributed by atoms with E-state index in [-0.39, 0.29) is 24.8 Å². The van der Waals surface area contributed by atoms with E-state index in [1.54, 1.807) is 26.0 Å². The SMILES string of the molecule is COC(CSCC(O)CN(C)C)OC.Cl. The van der Waals surface area contributed by atoms with Crippen LogP contribution >= 0.6 is 24.2 Å². The van der Waals surface area contributed by atoms with Crippen LogP contribution in [0.4, 0.5) is 0 Å². The predicted octanol–water partition coefficient (Wildman–Crippen LogP) is 0.683. The Labute approximate surface area is 103 Å². The second-order valence-corrected chi connectivity index (χ2v) is 4.43. The number of likely N-dealkylation sites (N-methyl/N-ethyl adjacent to an activating group) is 1. The van der Waals surface area contributed by atoms with Gasteiger partial charge in [0.1, 0.15) is 0 Å². The van der Waals surface area contributed by atoms with Crippen molar-refractivity contribution in [3.63, 3.8) is 0 Å². The zero-order valence-electron chi connectivity index (χ0n) is 9.80. The van der Waals surface area contributed by atoms with E-state index in [1.165, 1.54) is 0 Å². The Morgan fingerprint density at radius 1 is 1.20 bits per heavy atom. The minimum absolute atomic E-state index is 0. The van der Waals surface area contributed by atoms with Crippen LogP contribution in [-0.4, -0.2) is 68.8 Å². The van der Waals surface area contributed by atoms with Crippen molar-refractivity contribution >= 4 is 24.2 Å². The van der Waals surface area contributed by atoms with E-state index >= 15 is 0 Å². The molecule has 0 aliphatic heterocycles. The van der Waals surface area contributed by atoms with Gasteiger partial charge in [0.25, 0.3) is 0 Å². The van der Waals surface area contributed by atoms with Gasteiger partial charge in [0.2, 0.25) is 0 Å². The van der Waals surface area contributed by atoms with Crippen LogP contribution in [0.25, 0.3) is 0 Å². The van der Waals surface area contributed by atoms with Gasteiger partial charge in [-0.15, -0.1) is 12.4 Å². The first-order valence-corrected chi connectivity index (χ1v) is 5.71. The average Bonchev–Trinajstić information content (AvgIpc) is 2.11. The van der Waals surface area contributed by atoms with Gasteiger partial charge >= 0.3 is 0 Å². The van der Waals surface area contributed by atoms with Crippen LogP contribution in [0.1, 0.15) is 0 Å². The molecule has 0 saturated carbocycles. The molecule has 0 amide bonds. The fraction of sp³-hybridized carbons (Fsp3) is 1.00. The monoisotopic (exact) mass is 259 g/mol. The van der Waals surface area contributed by atoms with E-state index in [9.17, 15) is 5.11 Å². The molecule has 0 aliphatic rings. The molecule has 0 bridgehead atoms. The highest BCUT2D eigenvalue weighted by molar-refractivity contribution is 7.99. The number of aliphatic hydroxyl groups excluding tert-OH is 1. The molecule has 0 radical (unpaired) electrons. The lowest BCUT2D eigenvalue weighted by molar-refractivity contribution is -0.0842. The highest BCUT2D eigenvalue weighted by atomic mass is 35.5. The van der Waals surface area contributed by atoms with Gasteiger partial charge in [-0.3, -0.25) is 0 Å². The van der Waals surface area contributed by atoms with Crippen molar-refractivity contribution < 1.29 is 14.6 Å². The van der Waals surface area contributed by atoms with Crippen molar-refractivity contribution in [1.29, 1.82) is 0 Å². The largest absolute Gasteiger partial charge is 0.391 e. The molecular formula is C9H22ClNO3S. The zero-order chi connectivity index (χ0) is 11.0. The second-order valence-electron chi connectivity index (χ2n) is 3.35. The molecule has 1 N–H and O–H groups in total.